The number of oxazole rings is 1. The molecule has 0 radical (unpaired) electrons. The number of benzene rings is 1. The molecule has 0 amide bonds. The van der Waals surface area contributed by atoms with Crippen molar-refractivity contribution in [3.8, 4) is 0 Å². The van der Waals surface area contributed by atoms with E-state index < -0.39 is 4.92 Å². The fourth-order valence-electron chi connectivity index (χ4n) is 2.27. The molecular weight excluding hydrogens is 246 g/mol. The van der Waals surface area contributed by atoms with Gasteiger partial charge in [0.25, 0.3) is 11.7 Å². The Morgan fingerprint density at radius 2 is 2.21 bits per heavy atom. The van der Waals surface area contributed by atoms with Crippen LogP contribution in [0.1, 0.15) is 26.7 Å². The largest absolute Gasteiger partial charge is 0.424 e. The number of rotatable bonds is 4. The second-order valence-electron chi connectivity index (χ2n) is 5.55. The molecule has 6 heteroatoms. The Morgan fingerprint density at radius 1 is 1.47 bits per heavy atom. The van der Waals surface area contributed by atoms with Crippen LogP contribution >= 0.6 is 0 Å². The highest BCUT2D eigenvalue weighted by Gasteiger charge is 2.38. The zero-order valence-corrected chi connectivity index (χ0v) is 10.8. The van der Waals surface area contributed by atoms with Crippen LogP contribution in [-0.2, 0) is 0 Å². The van der Waals surface area contributed by atoms with Gasteiger partial charge in [-0.15, -0.1) is 0 Å². The van der Waals surface area contributed by atoms with Crippen molar-refractivity contribution in [2.45, 2.75) is 32.2 Å². The van der Waals surface area contributed by atoms with Gasteiger partial charge in [-0.1, -0.05) is 0 Å². The van der Waals surface area contributed by atoms with Gasteiger partial charge in [-0.25, -0.2) is 0 Å². The minimum Gasteiger partial charge on any atom is -0.424 e. The maximum absolute atomic E-state index is 10.7. The van der Waals surface area contributed by atoms with Crippen LogP contribution in [0.25, 0.3) is 11.1 Å². The van der Waals surface area contributed by atoms with Crippen molar-refractivity contribution in [2.24, 2.45) is 5.92 Å². The van der Waals surface area contributed by atoms with E-state index >= 15 is 0 Å². The summed E-state index contributed by atoms with van der Waals surface area (Å²) >= 11 is 0. The normalized spacial score (nSPS) is 15.7. The van der Waals surface area contributed by atoms with Crippen molar-refractivity contribution in [3.05, 3.63) is 28.3 Å². The van der Waals surface area contributed by atoms with Crippen molar-refractivity contribution in [1.82, 2.24) is 4.98 Å². The van der Waals surface area contributed by atoms with Gasteiger partial charge >= 0.3 is 0 Å². The van der Waals surface area contributed by atoms with Gasteiger partial charge in [0.2, 0.25) is 0 Å². The van der Waals surface area contributed by atoms with Gasteiger partial charge in [-0.05, 0) is 38.7 Å². The van der Waals surface area contributed by atoms with Gasteiger partial charge in [0.1, 0.15) is 5.52 Å². The molecule has 6 nitrogen and oxygen atoms in total. The van der Waals surface area contributed by atoms with Gasteiger partial charge < -0.3 is 9.73 Å². The molecular formula is C13H15N3O3. The molecule has 0 atom stereocenters. The summed E-state index contributed by atoms with van der Waals surface area (Å²) in [6.45, 7) is 4.23. The molecule has 1 N–H and O–H groups in total. The summed E-state index contributed by atoms with van der Waals surface area (Å²) in [6.07, 6.45) is 2.43. The predicted octanol–water partition coefficient (Wildman–Crippen LogP) is 3.34. The van der Waals surface area contributed by atoms with Crippen LogP contribution in [0.3, 0.4) is 0 Å². The SMILES string of the molecule is CC(C)(Nc1nc2cc([N+](=O)[O-])ccc2o1)C1CC1. The Labute approximate surface area is 110 Å². The second kappa shape index (κ2) is 3.94. The maximum atomic E-state index is 10.7. The molecule has 1 saturated carbocycles. The van der Waals surface area contributed by atoms with Gasteiger partial charge in [-0.3, -0.25) is 10.1 Å². The Hall–Kier alpha value is -2.11. The first kappa shape index (κ1) is 12.0. The molecule has 19 heavy (non-hydrogen) atoms. The number of fused-ring (bicyclic) bond motifs is 1. The lowest BCUT2D eigenvalue weighted by Crippen LogP contribution is -2.33. The van der Waals surface area contributed by atoms with Crippen molar-refractivity contribution < 1.29 is 9.34 Å². The first-order valence-electron chi connectivity index (χ1n) is 6.29. The monoisotopic (exact) mass is 261 g/mol. The predicted molar refractivity (Wildman–Crippen MR) is 71.1 cm³/mol. The number of nitro groups is 1. The Kier molecular flexibility index (Phi) is 2.48. The van der Waals surface area contributed by atoms with Crippen molar-refractivity contribution in [1.29, 1.82) is 0 Å². The molecule has 1 aromatic heterocycles. The molecule has 0 bridgehead atoms. The number of aromatic nitrogens is 1. The summed E-state index contributed by atoms with van der Waals surface area (Å²) in [5, 5.41) is 14.0. The van der Waals surface area contributed by atoms with Crippen molar-refractivity contribution >= 4 is 22.8 Å². The lowest BCUT2D eigenvalue weighted by Gasteiger charge is -2.24. The van der Waals surface area contributed by atoms with Crippen molar-refractivity contribution in [3.63, 3.8) is 0 Å². The van der Waals surface area contributed by atoms with E-state index in [1.54, 1.807) is 6.07 Å². The molecule has 0 unspecified atom stereocenters. The Balaban J connectivity index is 1.91. The van der Waals surface area contributed by atoms with E-state index in [2.05, 4.69) is 24.1 Å². The third-order valence-electron chi connectivity index (χ3n) is 3.61. The van der Waals surface area contributed by atoms with Gasteiger partial charge in [0, 0.05) is 17.7 Å². The number of nitrogens with zero attached hydrogens (tertiary/aromatic N) is 2. The smallest absolute Gasteiger partial charge is 0.296 e. The summed E-state index contributed by atoms with van der Waals surface area (Å²) in [5.74, 6) is 0.636. The van der Waals surface area contributed by atoms with E-state index in [0.29, 0.717) is 23.0 Å². The van der Waals surface area contributed by atoms with Gasteiger partial charge in [0.05, 0.1) is 4.92 Å². The van der Waals surface area contributed by atoms with Crippen LogP contribution in [0.2, 0.25) is 0 Å². The third kappa shape index (κ3) is 2.25. The second-order valence-corrected chi connectivity index (χ2v) is 5.55. The molecule has 0 spiro atoms. The molecule has 1 aromatic carbocycles. The standard InChI is InChI=1S/C13H15N3O3/c1-13(2,8-3-4-8)15-12-14-10-7-9(16(17)18)5-6-11(10)19-12/h5-8H,3-4H2,1-2H3,(H,14,15). The fourth-order valence-corrected chi connectivity index (χ4v) is 2.27. The number of hydrogen-bond donors (Lipinski definition) is 1. The Bertz CT molecular complexity index is 644. The molecule has 1 heterocycles. The number of hydrogen-bond acceptors (Lipinski definition) is 5. The average Bonchev–Trinajstić information content (AvgIpc) is 3.10. The van der Waals surface area contributed by atoms with Crippen LogP contribution in [0, 0.1) is 16.0 Å². The molecule has 1 fully saturated rings. The summed E-state index contributed by atoms with van der Waals surface area (Å²) in [6, 6.07) is 4.85. The Morgan fingerprint density at radius 3 is 2.84 bits per heavy atom. The number of nitro benzene ring substituents is 1. The van der Waals surface area contributed by atoms with Crippen LogP contribution in [0.4, 0.5) is 11.7 Å². The van der Waals surface area contributed by atoms with Crippen LogP contribution in [0.5, 0.6) is 0 Å². The first-order chi connectivity index (χ1) is 8.95. The van der Waals surface area contributed by atoms with Gasteiger partial charge in [-0.2, -0.15) is 4.98 Å². The minimum atomic E-state index is -0.435. The molecule has 0 aliphatic heterocycles. The molecule has 1 aliphatic rings. The quantitative estimate of drug-likeness (QED) is 0.674. The summed E-state index contributed by atoms with van der Waals surface area (Å²) in [7, 11) is 0. The zero-order valence-electron chi connectivity index (χ0n) is 10.8. The maximum Gasteiger partial charge on any atom is 0.296 e. The molecule has 100 valence electrons. The van der Waals surface area contributed by atoms with Gasteiger partial charge in [0.15, 0.2) is 5.58 Å². The van der Waals surface area contributed by atoms with Crippen LogP contribution in [-0.4, -0.2) is 15.4 Å². The van der Waals surface area contributed by atoms with E-state index in [1.807, 2.05) is 0 Å². The molecule has 1 aliphatic carbocycles. The summed E-state index contributed by atoms with van der Waals surface area (Å²) in [4.78, 5) is 14.5. The fraction of sp³-hybridized carbons (Fsp3) is 0.462. The average molecular weight is 261 g/mol. The van der Waals surface area contributed by atoms with E-state index in [-0.39, 0.29) is 11.2 Å². The lowest BCUT2D eigenvalue weighted by molar-refractivity contribution is -0.384. The molecule has 0 saturated heterocycles. The first-order valence-corrected chi connectivity index (χ1v) is 6.29. The van der Waals surface area contributed by atoms with E-state index in [0.717, 1.165) is 0 Å². The highest BCUT2D eigenvalue weighted by Crippen LogP contribution is 2.41. The van der Waals surface area contributed by atoms with E-state index in [1.165, 1.54) is 25.0 Å². The summed E-state index contributed by atoms with van der Waals surface area (Å²) < 4.78 is 5.57. The minimum absolute atomic E-state index is 0.0220. The third-order valence-corrected chi connectivity index (χ3v) is 3.61. The number of non-ortho nitro benzene ring substituents is 1. The lowest BCUT2D eigenvalue weighted by atomic mass is 9.99. The van der Waals surface area contributed by atoms with Crippen molar-refractivity contribution in [2.75, 3.05) is 5.32 Å². The van der Waals surface area contributed by atoms with Crippen LogP contribution < -0.4 is 5.32 Å². The zero-order chi connectivity index (χ0) is 13.6. The topological polar surface area (TPSA) is 81.2 Å². The highest BCUT2D eigenvalue weighted by atomic mass is 16.6. The molecule has 2 aromatic rings. The number of nitrogens with one attached hydrogen (secondary N) is 1. The highest BCUT2D eigenvalue weighted by molar-refractivity contribution is 5.77. The van der Waals surface area contributed by atoms with E-state index in [9.17, 15) is 10.1 Å². The summed E-state index contributed by atoms with van der Waals surface area (Å²) in [5.41, 5.74) is 1.02. The number of anilines is 1. The molecule has 3 rings (SSSR count). The van der Waals surface area contributed by atoms with Crippen LogP contribution in [0.15, 0.2) is 22.6 Å². The van der Waals surface area contributed by atoms with E-state index in [4.69, 9.17) is 4.42 Å².